The highest BCUT2D eigenvalue weighted by Crippen LogP contribution is 2.26. The van der Waals surface area contributed by atoms with Crippen molar-refractivity contribution < 1.29 is 14.4 Å². The van der Waals surface area contributed by atoms with E-state index in [0.29, 0.717) is 22.6 Å². The zero-order valence-corrected chi connectivity index (χ0v) is 18.4. The summed E-state index contributed by atoms with van der Waals surface area (Å²) in [6, 6.07) is 24.7. The Morgan fingerprint density at radius 2 is 1.36 bits per heavy atom. The zero-order chi connectivity index (χ0) is 22.8. The number of imide groups is 1. The fourth-order valence-electron chi connectivity index (χ4n) is 4.84. The molecule has 3 amide bonds. The van der Waals surface area contributed by atoms with E-state index >= 15 is 0 Å². The topological polar surface area (TPSA) is 57.7 Å². The molecule has 5 heteroatoms. The lowest BCUT2D eigenvalue weighted by Gasteiger charge is -2.32. The Morgan fingerprint density at radius 3 is 2.03 bits per heavy atom. The Balaban J connectivity index is 1.22. The van der Waals surface area contributed by atoms with Crippen LogP contribution in [0.3, 0.4) is 0 Å². The average Bonchev–Trinajstić information content (AvgIpc) is 3.10. The maximum Gasteiger partial charge on any atom is 0.261 e. The molecule has 3 aromatic carbocycles. The highest BCUT2D eigenvalue weighted by atomic mass is 16.2. The number of likely N-dealkylation sites (tertiary alicyclic amines) is 1. The minimum atomic E-state index is -0.284. The average molecular weight is 439 g/mol. The molecule has 0 atom stereocenters. The molecule has 5 rings (SSSR count). The Bertz CT molecular complexity index is 1160. The molecule has 5 nitrogen and oxygen atoms in total. The number of amides is 3. The number of fused-ring (bicyclic) bond motifs is 1. The van der Waals surface area contributed by atoms with Crippen LogP contribution in [-0.2, 0) is 13.0 Å². The number of carbonyl (C=O) groups excluding carboxylic acids is 3. The summed E-state index contributed by atoms with van der Waals surface area (Å²) in [5.41, 5.74) is 3.60. The van der Waals surface area contributed by atoms with Crippen molar-refractivity contribution in [3.63, 3.8) is 0 Å². The summed E-state index contributed by atoms with van der Waals surface area (Å²) in [7, 11) is 0. The summed E-state index contributed by atoms with van der Waals surface area (Å²) in [5.74, 6) is 0.0367. The molecule has 33 heavy (non-hydrogen) atoms. The summed E-state index contributed by atoms with van der Waals surface area (Å²) in [5, 5.41) is 0. The number of benzene rings is 3. The van der Waals surface area contributed by atoms with Gasteiger partial charge < -0.3 is 4.90 Å². The van der Waals surface area contributed by atoms with Crippen molar-refractivity contribution in [2.75, 3.05) is 13.1 Å². The smallest absolute Gasteiger partial charge is 0.261 e. The van der Waals surface area contributed by atoms with Crippen molar-refractivity contribution in [3.8, 4) is 0 Å². The summed E-state index contributed by atoms with van der Waals surface area (Å²) in [4.78, 5) is 41.7. The lowest BCUT2D eigenvalue weighted by Crippen LogP contribution is -2.39. The highest BCUT2D eigenvalue weighted by molar-refractivity contribution is 6.21. The SMILES string of the molecule is O=C(c1cccc(CN2C(=O)c3ccccc3C2=O)c1)N1CCC(Cc2ccccc2)CC1. The second-order valence-electron chi connectivity index (χ2n) is 8.87. The third kappa shape index (κ3) is 4.31. The monoisotopic (exact) mass is 438 g/mol. The molecule has 1 fully saturated rings. The number of carbonyl (C=O) groups is 3. The van der Waals surface area contributed by atoms with Crippen molar-refractivity contribution in [2.45, 2.75) is 25.8 Å². The van der Waals surface area contributed by atoms with Crippen LogP contribution in [0.25, 0.3) is 0 Å². The van der Waals surface area contributed by atoms with Crippen molar-refractivity contribution in [1.29, 1.82) is 0 Å². The van der Waals surface area contributed by atoms with Gasteiger partial charge in [0.15, 0.2) is 0 Å². The van der Waals surface area contributed by atoms with Crippen LogP contribution in [0, 0.1) is 5.92 Å². The van der Waals surface area contributed by atoms with E-state index in [1.54, 1.807) is 24.3 Å². The Labute approximate surface area is 193 Å². The second-order valence-corrected chi connectivity index (χ2v) is 8.87. The fraction of sp³-hybridized carbons (Fsp3) is 0.250. The molecule has 0 unspecified atom stereocenters. The molecule has 2 aliphatic rings. The number of hydrogen-bond acceptors (Lipinski definition) is 3. The number of hydrogen-bond donors (Lipinski definition) is 0. The van der Waals surface area contributed by atoms with Crippen LogP contribution in [0.4, 0.5) is 0 Å². The largest absolute Gasteiger partial charge is 0.339 e. The van der Waals surface area contributed by atoms with E-state index in [4.69, 9.17) is 0 Å². The summed E-state index contributed by atoms with van der Waals surface area (Å²) in [6.45, 7) is 1.66. The third-order valence-electron chi connectivity index (χ3n) is 6.66. The maximum absolute atomic E-state index is 13.1. The molecule has 3 aromatic rings. The summed E-state index contributed by atoms with van der Waals surface area (Å²) < 4.78 is 0. The third-order valence-corrected chi connectivity index (χ3v) is 6.66. The van der Waals surface area contributed by atoms with Crippen LogP contribution in [0.5, 0.6) is 0 Å². The van der Waals surface area contributed by atoms with Gasteiger partial charge in [-0.2, -0.15) is 0 Å². The lowest BCUT2D eigenvalue weighted by atomic mass is 9.90. The number of rotatable bonds is 5. The quantitative estimate of drug-likeness (QED) is 0.548. The maximum atomic E-state index is 13.1. The van der Waals surface area contributed by atoms with Gasteiger partial charge in [-0.15, -0.1) is 0 Å². The first kappa shape index (κ1) is 21.1. The van der Waals surface area contributed by atoms with Gasteiger partial charge in [-0.3, -0.25) is 19.3 Å². The second kappa shape index (κ2) is 9.02. The molecule has 2 heterocycles. The Kier molecular flexibility index (Phi) is 5.78. The van der Waals surface area contributed by atoms with E-state index in [9.17, 15) is 14.4 Å². The molecule has 0 aromatic heterocycles. The van der Waals surface area contributed by atoms with Crippen molar-refractivity contribution in [1.82, 2.24) is 9.80 Å². The van der Waals surface area contributed by atoms with Crippen molar-refractivity contribution in [2.24, 2.45) is 5.92 Å². The minimum absolute atomic E-state index is 0.0115. The molecule has 0 bridgehead atoms. The van der Waals surface area contributed by atoms with Crippen LogP contribution in [0.15, 0.2) is 78.9 Å². The van der Waals surface area contributed by atoms with Gasteiger partial charge in [-0.25, -0.2) is 0 Å². The normalized spacial score (nSPS) is 16.2. The molecule has 166 valence electrons. The molecule has 2 aliphatic heterocycles. The van der Waals surface area contributed by atoms with Gasteiger partial charge in [-0.05, 0) is 60.6 Å². The molecular weight excluding hydrogens is 412 g/mol. The van der Waals surface area contributed by atoms with Crippen LogP contribution in [0.1, 0.15) is 55.0 Å². The fourth-order valence-corrected chi connectivity index (χ4v) is 4.84. The van der Waals surface area contributed by atoms with Crippen LogP contribution in [-0.4, -0.2) is 40.6 Å². The molecule has 0 radical (unpaired) electrons. The lowest BCUT2D eigenvalue weighted by molar-refractivity contribution is 0.0641. The summed E-state index contributed by atoms with van der Waals surface area (Å²) >= 11 is 0. The van der Waals surface area contributed by atoms with Gasteiger partial charge in [0.25, 0.3) is 17.7 Å². The predicted octanol–water partition coefficient (Wildman–Crippen LogP) is 4.58. The van der Waals surface area contributed by atoms with E-state index in [2.05, 4.69) is 24.3 Å². The number of nitrogens with zero attached hydrogens (tertiary/aromatic N) is 2. The first-order chi connectivity index (χ1) is 16.1. The van der Waals surface area contributed by atoms with Crippen LogP contribution < -0.4 is 0 Å². The van der Waals surface area contributed by atoms with E-state index in [1.807, 2.05) is 35.2 Å². The number of piperidine rings is 1. The minimum Gasteiger partial charge on any atom is -0.339 e. The molecule has 0 N–H and O–H groups in total. The van der Waals surface area contributed by atoms with E-state index < -0.39 is 0 Å². The van der Waals surface area contributed by atoms with Gasteiger partial charge in [0.1, 0.15) is 0 Å². The highest BCUT2D eigenvalue weighted by Gasteiger charge is 2.35. The molecular formula is C28H26N2O3. The van der Waals surface area contributed by atoms with Crippen molar-refractivity contribution >= 4 is 17.7 Å². The molecule has 1 saturated heterocycles. The van der Waals surface area contributed by atoms with E-state index in [-0.39, 0.29) is 24.3 Å². The van der Waals surface area contributed by atoms with Crippen LogP contribution in [0.2, 0.25) is 0 Å². The van der Waals surface area contributed by atoms with Gasteiger partial charge >= 0.3 is 0 Å². The molecule has 0 aliphatic carbocycles. The van der Waals surface area contributed by atoms with Crippen LogP contribution >= 0.6 is 0 Å². The van der Waals surface area contributed by atoms with Gasteiger partial charge in [-0.1, -0.05) is 54.6 Å². The first-order valence-electron chi connectivity index (χ1n) is 11.5. The first-order valence-corrected chi connectivity index (χ1v) is 11.5. The standard InChI is InChI=1S/C28H26N2O3/c31-26(29-15-13-21(14-16-29)17-20-7-2-1-3-8-20)23-10-6-9-22(18-23)19-30-27(32)24-11-4-5-12-25(24)28(30)33/h1-12,18,21H,13-17,19H2. The predicted molar refractivity (Wildman–Crippen MR) is 126 cm³/mol. The molecule has 0 saturated carbocycles. The van der Waals surface area contributed by atoms with E-state index in [1.165, 1.54) is 10.5 Å². The zero-order valence-electron chi connectivity index (χ0n) is 18.4. The van der Waals surface area contributed by atoms with Crippen molar-refractivity contribution in [3.05, 3.63) is 107 Å². The molecule has 0 spiro atoms. The Hall–Kier alpha value is -3.73. The van der Waals surface area contributed by atoms with Gasteiger partial charge in [0.2, 0.25) is 0 Å². The summed E-state index contributed by atoms with van der Waals surface area (Å²) in [6.07, 6.45) is 3.05. The Morgan fingerprint density at radius 1 is 0.758 bits per heavy atom. The van der Waals surface area contributed by atoms with Gasteiger partial charge in [0.05, 0.1) is 17.7 Å². The van der Waals surface area contributed by atoms with Gasteiger partial charge in [0, 0.05) is 18.7 Å². The van der Waals surface area contributed by atoms with E-state index in [0.717, 1.165) is 37.9 Å².